The fourth-order valence-corrected chi connectivity index (χ4v) is 5.42. The lowest BCUT2D eigenvalue weighted by Gasteiger charge is -2.34. The number of nitrogens with one attached hydrogen (secondary N) is 1. The van der Waals surface area contributed by atoms with E-state index in [0.29, 0.717) is 24.2 Å². The maximum atomic E-state index is 13.2. The van der Waals surface area contributed by atoms with Crippen LogP contribution in [0.15, 0.2) is 0 Å². The van der Waals surface area contributed by atoms with E-state index in [2.05, 4.69) is 22.0 Å². The van der Waals surface area contributed by atoms with Gasteiger partial charge in [0, 0.05) is 12.6 Å². The minimum absolute atomic E-state index is 0.189. The van der Waals surface area contributed by atoms with E-state index >= 15 is 0 Å². The summed E-state index contributed by atoms with van der Waals surface area (Å²) in [5, 5.41) is 3.78. The summed E-state index contributed by atoms with van der Waals surface area (Å²) in [7, 11) is 0. The highest BCUT2D eigenvalue weighted by Gasteiger charge is 2.56. The summed E-state index contributed by atoms with van der Waals surface area (Å²) in [6.45, 7) is 4.69. The van der Waals surface area contributed by atoms with E-state index in [0.717, 1.165) is 25.7 Å². The topological polar surface area (TPSA) is 35.6 Å². The molecule has 4 rings (SSSR count). The lowest BCUT2D eigenvalue weighted by Crippen LogP contribution is -2.49. The predicted octanol–water partition coefficient (Wildman–Crippen LogP) is 2.09. The van der Waals surface area contributed by atoms with E-state index in [1.165, 1.54) is 45.2 Å². The van der Waals surface area contributed by atoms with Gasteiger partial charge in [0.1, 0.15) is 0 Å². The number of carbonyl (C=O) groups is 1. The van der Waals surface area contributed by atoms with Crippen LogP contribution in [0, 0.1) is 0 Å². The first-order valence-electron chi connectivity index (χ1n) is 9.10. The Balaban J connectivity index is 1.60. The summed E-state index contributed by atoms with van der Waals surface area (Å²) in [5.74, 6) is 0.442. The van der Waals surface area contributed by atoms with Gasteiger partial charge in [-0.3, -0.25) is 15.0 Å². The second-order valence-electron chi connectivity index (χ2n) is 7.55. The van der Waals surface area contributed by atoms with Crippen molar-refractivity contribution in [1.29, 1.82) is 0 Å². The van der Waals surface area contributed by atoms with E-state index < -0.39 is 0 Å². The Morgan fingerprint density at radius 2 is 1.95 bits per heavy atom. The molecule has 3 heterocycles. The maximum absolute atomic E-state index is 13.2. The van der Waals surface area contributed by atoms with Crippen LogP contribution in [0.5, 0.6) is 0 Å². The molecule has 1 saturated carbocycles. The van der Waals surface area contributed by atoms with Crippen LogP contribution in [0.1, 0.15) is 64.7 Å². The summed E-state index contributed by atoms with van der Waals surface area (Å²) in [5.41, 5.74) is -0.189. The first kappa shape index (κ1) is 14.0. The zero-order valence-corrected chi connectivity index (χ0v) is 13.3. The van der Waals surface area contributed by atoms with Crippen LogP contribution in [0.4, 0.5) is 0 Å². The highest BCUT2D eigenvalue weighted by Crippen LogP contribution is 2.41. The normalized spacial score (nSPS) is 38.8. The third kappa shape index (κ3) is 2.06. The molecule has 3 aliphatic heterocycles. The van der Waals surface area contributed by atoms with Crippen molar-refractivity contribution in [2.24, 2.45) is 0 Å². The van der Waals surface area contributed by atoms with Crippen molar-refractivity contribution in [2.45, 2.75) is 88.5 Å². The molecule has 0 aromatic rings. The molecule has 4 heteroatoms. The molecule has 4 fully saturated rings. The molecule has 21 heavy (non-hydrogen) atoms. The third-order valence-corrected chi connectivity index (χ3v) is 6.37. The molecule has 0 radical (unpaired) electrons. The summed E-state index contributed by atoms with van der Waals surface area (Å²) in [6, 6.07) is 1.12. The lowest BCUT2D eigenvalue weighted by atomic mass is 9.96. The van der Waals surface area contributed by atoms with Crippen LogP contribution in [0.2, 0.25) is 0 Å². The van der Waals surface area contributed by atoms with Gasteiger partial charge in [0.25, 0.3) is 0 Å². The molecule has 0 aromatic carbocycles. The van der Waals surface area contributed by atoms with Gasteiger partial charge in [0.15, 0.2) is 0 Å². The monoisotopic (exact) mass is 291 g/mol. The predicted molar refractivity (Wildman–Crippen MR) is 82.9 cm³/mol. The molecule has 118 valence electrons. The zero-order valence-electron chi connectivity index (χ0n) is 13.3. The van der Waals surface area contributed by atoms with Gasteiger partial charge < -0.3 is 4.90 Å². The van der Waals surface area contributed by atoms with Crippen LogP contribution < -0.4 is 5.32 Å². The Bertz CT molecular complexity index is 418. The van der Waals surface area contributed by atoms with Crippen molar-refractivity contribution in [2.75, 3.05) is 13.1 Å². The van der Waals surface area contributed by atoms with Crippen molar-refractivity contribution in [3.8, 4) is 0 Å². The van der Waals surface area contributed by atoms with E-state index in [9.17, 15) is 4.79 Å². The van der Waals surface area contributed by atoms with E-state index in [-0.39, 0.29) is 5.54 Å². The quantitative estimate of drug-likeness (QED) is 0.865. The minimum Gasteiger partial charge on any atom is -0.321 e. The second kappa shape index (κ2) is 5.24. The molecular formula is C17H29N3O. The number of carbonyl (C=O) groups excluding carboxylic acids is 1. The van der Waals surface area contributed by atoms with E-state index in [1.807, 2.05) is 0 Å². The van der Waals surface area contributed by atoms with Crippen LogP contribution in [-0.4, -0.2) is 52.6 Å². The average molecular weight is 291 g/mol. The summed E-state index contributed by atoms with van der Waals surface area (Å²) in [6.07, 6.45) is 10.9. The Hall–Kier alpha value is -0.610. The van der Waals surface area contributed by atoms with Crippen molar-refractivity contribution >= 4 is 5.91 Å². The van der Waals surface area contributed by atoms with E-state index in [1.54, 1.807) is 0 Å². The fraction of sp³-hybridized carbons (Fsp3) is 0.941. The number of amides is 1. The molecule has 3 unspecified atom stereocenters. The largest absolute Gasteiger partial charge is 0.321 e. The van der Waals surface area contributed by atoms with Gasteiger partial charge in [-0.05, 0) is 45.1 Å². The SMILES string of the molecule is CCCC1NC2(CCCC2)C(=O)N1C1CCN2CCCC12. The van der Waals surface area contributed by atoms with Gasteiger partial charge in [0.05, 0.1) is 17.7 Å². The Morgan fingerprint density at radius 1 is 1.14 bits per heavy atom. The Labute approximate surface area is 128 Å². The summed E-state index contributed by atoms with van der Waals surface area (Å²) < 4.78 is 0. The summed E-state index contributed by atoms with van der Waals surface area (Å²) in [4.78, 5) is 18.2. The number of fused-ring (bicyclic) bond motifs is 1. The highest BCUT2D eigenvalue weighted by molar-refractivity contribution is 5.89. The molecule has 1 spiro atoms. The zero-order chi connectivity index (χ0) is 14.4. The fourth-order valence-electron chi connectivity index (χ4n) is 5.42. The first-order valence-corrected chi connectivity index (χ1v) is 9.10. The molecule has 4 aliphatic rings. The van der Waals surface area contributed by atoms with E-state index in [4.69, 9.17) is 0 Å². The standard InChI is InChI=1S/C17H29N3O/c1-2-6-15-18-17(9-3-4-10-17)16(21)20(15)14-8-12-19-11-5-7-13(14)19/h13-15,18H,2-12H2,1H3. The van der Waals surface area contributed by atoms with Gasteiger partial charge in [-0.2, -0.15) is 0 Å². The number of hydrogen-bond donors (Lipinski definition) is 1. The van der Waals surface area contributed by atoms with Gasteiger partial charge in [-0.1, -0.05) is 26.2 Å². The Morgan fingerprint density at radius 3 is 2.71 bits per heavy atom. The van der Waals surface area contributed by atoms with Gasteiger partial charge in [0.2, 0.25) is 5.91 Å². The van der Waals surface area contributed by atoms with Gasteiger partial charge in [-0.25, -0.2) is 0 Å². The molecule has 1 amide bonds. The highest BCUT2D eigenvalue weighted by atomic mass is 16.2. The molecule has 0 bridgehead atoms. The molecule has 1 N–H and O–H groups in total. The minimum atomic E-state index is -0.189. The first-order chi connectivity index (χ1) is 10.2. The van der Waals surface area contributed by atoms with Crippen LogP contribution in [-0.2, 0) is 4.79 Å². The number of hydrogen-bond acceptors (Lipinski definition) is 3. The molecule has 3 saturated heterocycles. The average Bonchev–Trinajstić information content (AvgIpc) is 3.19. The third-order valence-electron chi connectivity index (χ3n) is 6.37. The molecule has 3 atom stereocenters. The maximum Gasteiger partial charge on any atom is 0.244 e. The Kier molecular flexibility index (Phi) is 3.49. The van der Waals surface area contributed by atoms with Crippen LogP contribution in [0.25, 0.3) is 0 Å². The van der Waals surface area contributed by atoms with Gasteiger partial charge in [-0.15, -0.1) is 0 Å². The van der Waals surface area contributed by atoms with Crippen molar-refractivity contribution in [3.05, 3.63) is 0 Å². The van der Waals surface area contributed by atoms with Crippen LogP contribution >= 0.6 is 0 Å². The van der Waals surface area contributed by atoms with Crippen molar-refractivity contribution < 1.29 is 4.79 Å². The summed E-state index contributed by atoms with van der Waals surface area (Å²) >= 11 is 0. The number of nitrogens with zero attached hydrogens (tertiary/aromatic N) is 2. The van der Waals surface area contributed by atoms with Gasteiger partial charge >= 0.3 is 0 Å². The second-order valence-corrected chi connectivity index (χ2v) is 7.55. The van der Waals surface area contributed by atoms with Crippen molar-refractivity contribution in [3.63, 3.8) is 0 Å². The molecular weight excluding hydrogens is 262 g/mol. The molecule has 0 aromatic heterocycles. The lowest BCUT2D eigenvalue weighted by molar-refractivity contribution is -0.135. The smallest absolute Gasteiger partial charge is 0.244 e. The molecule has 1 aliphatic carbocycles. The molecule has 4 nitrogen and oxygen atoms in total. The van der Waals surface area contributed by atoms with Crippen LogP contribution in [0.3, 0.4) is 0 Å². The van der Waals surface area contributed by atoms with Crippen molar-refractivity contribution in [1.82, 2.24) is 15.1 Å². The number of rotatable bonds is 3.